The highest BCUT2D eigenvalue weighted by molar-refractivity contribution is 5.67. The van der Waals surface area contributed by atoms with E-state index in [0.717, 1.165) is 24.3 Å². The number of hydrogen-bond donors (Lipinski definition) is 2. The van der Waals surface area contributed by atoms with Crippen LogP contribution in [0.25, 0.3) is 0 Å². The Kier molecular flexibility index (Phi) is 9.13. The van der Waals surface area contributed by atoms with Crippen molar-refractivity contribution >= 4 is 11.8 Å². The van der Waals surface area contributed by atoms with Gasteiger partial charge in [0.1, 0.15) is 11.4 Å². The average Bonchev–Trinajstić information content (AvgIpc) is 2.52. The molecule has 0 bridgehead atoms. The molecule has 1 aromatic carbocycles. The molecule has 0 saturated carbocycles. The lowest BCUT2D eigenvalue weighted by Crippen LogP contribution is -2.33. The maximum Gasteiger partial charge on any atom is 0.407 e. The summed E-state index contributed by atoms with van der Waals surface area (Å²) in [4.78, 5) is 11.6. The Hall–Kier alpha value is -1.95. The van der Waals surface area contributed by atoms with Gasteiger partial charge >= 0.3 is 6.09 Å². The van der Waals surface area contributed by atoms with Gasteiger partial charge in [0.2, 0.25) is 0 Å². The van der Waals surface area contributed by atoms with Crippen LogP contribution in [-0.4, -0.2) is 44.6 Å². The average molecular weight is 352 g/mol. The number of alkyl carbamates (subject to hydrolysis) is 1. The van der Waals surface area contributed by atoms with Crippen LogP contribution in [0.5, 0.6) is 5.75 Å². The van der Waals surface area contributed by atoms with Gasteiger partial charge in [-0.05, 0) is 64.8 Å². The summed E-state index contributed by atoms with van der Waals surface area (Å²) in [5, 5.41) is 6.23. The number of anilines is 1. The SMILES string of the molecule is CCOc1ccc(NC(CCCNC(=O)OC(C)(C)C)COC)cc1. The second-order valence-electron chi connectivity index (χ2n) is 6.82. The number of hydrogen-bond acceptors (Lipinski definition) is 5. The Labute approximate surface area is 151 Å². The van der Waals surface area contributed by atoms with E-state index in [4.69, 9.17) is 14.2 Å². The van der Waals surface area contributed by atoms with E-state index in [1.165, 1.54) is 0 Å². The Morgan fingerprint density at radius 3 is 2.44 bits per heavy atom. The maximum absolute atomic E-state index is 11.6. The maximum atomic E-state index is 11.6. The smallest absolute Gasteiger partial charge is 0.407 e. The van der Waals surface area contributed by atoms with E-state index >= 15 is 0 Å². The van der Waals surface area contributed by atoms with Crippen molar-refractivity contribution in [1.29, 1.82) is 0 Å². The molecule has 1 aromatic rings. The summed E-state index contributed by atoms with van der Waals surface area (Å²) in [6.45, 7) is 9.33. The van der Waals surface area contributed by atoms with Gasteiger partial charge in [-0.1, -0.05) is 0 Å². The van der Waals surface area contributed by atoms with E-state index in [-0.39, 0.29) is 12.1 Å². The molecular weight excluding hydrogens is 320 g/mol. The minimum Gasteiger partial charge on any atom is -0.494 e. The van der Waals surface area contributed by atoms with E-state index in [2.05, 4.69) is 10.6 Å². The third kappa shape index (κ3) is 9.82. The molecule has 142 valence electrons. The molecule has 1 unspecified atom stereocenters. The van der Waals surface area contributed by atoms with Crippen LogP contribution in [0.3, 0.4) is 0 Å². The molecule has 0 fully saturated rings. The van der Waals surface area contributed by atoms with Crippen LogP contribution in [0.4, 0.5) is 10.5 Å². The topological polar surface area (TPSA) is 68.8 Å². The first-order chi connectivity index (χ1) is 11.8. The molecule has 1 amide bonds. The Bertz CT molecular complexity index is 497. The number of methoxy groups -OCH3 is 1. The van der Waals surface area contributed by atoms with Crippen LogP contribution in [-0.2, 0) is 9.47 Å². The lowest BCUT2D eigenvalue weighted by molar-refractivity contribution is 0.0526. The van der Waals surface area contributed by atoms with E-state index in [0.29, 0.717) is 19.8 Å². The highest BCUT2D eigenvalue weighted by Crippen LogP contribution is 2.17. The third-order valence-corrected chi connectivity index (χ3v) is 3.30. The first-order valence-corrected chi connectivity index (χ1v) is 8.79. The Balaban J connectivity index is 2.37. The molecule has 0 aliphatic rings. The van der Waals surface area contributed by atoms with Gasteiger partial charge < -0.3 is 24.8 Å². The molecule has 1 atom stereocenters. The van der Waals surface area contributed by atoms with Crippen molar-refractivity contribution in [3.05, 3.63) is 24.3 Å². The molecule has 25 heavy (non-hydrogen) atoms. The van der Waals surface area contributed by atoms with Crippen LogP contribution in [0.2, 0.25) is 0 Å². The number of carbonyl (C=O) groups excluding carboxylic acids is 1. The van der Waals surface area contributed by atoms with Crippen molar-refractivity contribution < 1.29 is 19.0 Å². The summed E-state index contributed by atoms with van der Waals surface area (Å²) in [5.41, 5.74) is 0.545. The van der Waals surface area contributed by atoms with Crippen molar-refractivity contribution in [2.24, 2.45) is 0 Å². The van der Waals surface area contributed by atoms with Crippen molar-refractivity contribution in [3.63, 3.8) is 0 Å². The summed E-state index contributed by atoms with van der Waals surface area (Å²) < 4.78 is 15.9. The zero-order chi connectivity index (χ0) is 18.7. The molecule has 2 N–H and O–H groups in total. The number of ether oxygens (including phenoxy) is 3. The summed E-state index contributed by atoms with van der Waals surface area (Å²) in [7, 11) is 1.69. The van der Waals surface area contributed by atoms with Gasteiger partial charge in [-0.25, -0.2) is 4.79 Å². The first kappa shape index (κ1) is 21.1. The fourth-order valence-corrected chi connectivity index (χ4v) is 2.30. The predicted octanol–water partition coefficient (Wildman–Crippen LogP) is 3.82. The second kappa shape index (κ2) is 10.8. The predicted molar refractivity (Wildman–Crippen MR) is 100 cm³/mol. The molecule has 0 heterocycles. The minimum absolute atomic E-state index is 0.170. The van der Waals surface area contributed by atoms with Gasteiger partial charge in [0.25, 0.3) is 0 Å². The molecule has 0 spiro atoms. The van der Waals surface area contributed by atoms with Gasteiger partial charge in [-0.2, -0.15) is 0 Å². The van der Waals surface area contributed by atoms with Gasteiger partial charge in [0.05, 0.1) is 13.2 Å². The number of nitrogens with one attached hydrogen (secondary N) is 2. The third-order valence-electron chi connectivity index (χ3n) is 3.30. The van der Waals surface area contributed by atoms with Gasteiger partial charge in [0, 0.05) is 25.4 Å². The molecule has 0 aromatic heterocycles. The molecule has 1 rings (SSSR count). The van der Waals surface area contributed by atoms with Crippen LogP contribution < -0.4 is 15.4 Å². The lowest BCUT2D eigenvalue weighted by atomic mass is 10.1. The molecule has 0 radical (unpaired) electrons. The number of benzene rings is 1. The summed E-state index contributed by atoms with van der Waals surface area (Å²) in [6.07, 6.45) is 1.32. The van der Waals surface area contributed by atoms with E-state index in [9.17, 15) is 4.79 Å². The monoisotopic (exact) mass is 352 g/mol. The molecule has 6 heteroatoms. The fourth-order valence-electron chi connectivity index (χ4n) is 2.30. The molecule has 0 saturated heterocycles. The molecule has 0 aliphatic heterocycles. The second-order valence-corrected chi connectivity index (χ2v) is 6.82. The van der Waals surface area contributed by atoms with E-state index in [1.807, 2.05) is 52.0 Å². The standard InChI is InChI=1S/C19H32N2O4/c1-6-24-17-11-9-15(10-12-17)21-16(14-23-5)8-7-13-20-18(22)25-19(2,3)4/h9-12,16,21H,6-8,13-14H2,1-5H3,(H,20,22). The lowest BCUT2D eigenvalue weighted by Gasteiger charge is -2.21. The number of rotatable bonds is 10. The summed E-state index contributed by atoms with van der Waals surface area (Å²) >= 11 is 0. The Morgan fingerprint density at radius 1 is 1.20 bits per heavy atom. The van der Waals surface area contributed by atoms with Gasteiger partial charge in [0.15, 0.2) is 0 Å². The normalized spacial score (nSPS) is 12.4. The van der Waals surface area contributed by atoms with Crippen molar-refractivity contribution in [1.82, 2.24) is 5.32 Å². The van der Waals surface area contributed by atoms with E-state index < -0.39 is 5.60 Å². The van der Waals surface area contributed by atoms with Gasteiger partial charge in [-0.15, -0.1) is 0 Å². The number of amides is 1. The summed E-state index contributed by atoms with van der Waals surface area (Å²) in [5.74, 6) is 0.859. The van der Waals surface area contributed by atoms with Crippen LogP contribution in [0.1, 0.15) is 40.5 Å². The quantitative estimate of drug-likeness (QED) is 0.627. The zero-order valence-electron chi connectivity index (χ0n) is 16.1. The van der Waals surface area contributed by atoms with E-state index in [1.54, 1.807) is 7.11 Å². The summed E-state index contributed by atoms with van der Waals surface area (Å²) in [6, 6.07) is 8.04. The van der Waals surface area contributed by atoms with Crippen molar-refractivity contribution in [3.8, 4) is 5.75 Å². The van der Waals surface area contributed by atoms with Crippen LogP contribution >= 0.6 is 0 Å². The van der Waals surface area contributed by atoms with Crippen molar-refractivity contribution in [2.75, 3.05) is 32.2 Å². The number of carbonyl (C=O) groups is 1. The van der Waals surface area contributed by atoms with Crippen LogP contribution in [0.15, 0.2) is 24.3 Å². The first-order valence-electron chi connectivity index (χ1n) is 8.79. The Morgan fingerprint density at radius 2 is 1.88 bits per heavy atom. The minimum atomic E-state index is -0.474. The zero-order valence-corrected chi connectivity index (χ0v) is 16.1. The fraction of sp³-hybridized carbons (Fsp3) is 0.632. The molecule has 6 nitrogen and oxygen atoms in total. The highest BCUT2D eigenvalue weighted by atomic mass is 16.6. The van der Waals surface area contributed by atoms with Crippen LogP contribution in [0, 0.1) is 0 Å². The van der Waals surface area contributed by atoms with Gasteiger partial charge in [-0.3, -0.25) is 0 Å². The molecule has 0 aliphatic carbocycles. The molecular formula is C19H32N2O4. The van der Waals surface area contributed by atoms with Crippen molar-refractivity contribution in [2.45, 2.75) is 52.2 Å². The largest absolute Gasteiger partial charge is 0.494 e. The highest BCUT2D eigenvalue weighted by Gasteiger charge is 2.15.